The van der Waals surface area contributed by atoms with Crippen LogP contribution in [0.5, 0.6) is 0 Å². The van der Waals surface area contributed by atoms with Crippen molar-refractivity contribution in [3.63, 3.8) is 0 Å². The van der Waals surface area contributed by atoms with Gasteiger partial charge < -0.3 is 19.5 Å². The van der Waals surface area contributed by atoms with Gasteiger partial charge in [-0.05, 0) is 38.3 Å². The summed E-state index contributed by atoms with van der Waals surface area (Å²) in [5, 5.41) is 2.77. The van der Waals surface area contributed by atoms with E-state index in [1.165, 1.54) is 0 Å². The van der Waals surface area contributed by atoms with Crippen molar-refractivity contribution in [1.29, 1.82) is 0 Å². The molecule has 0 aromatic carbocycles. The lowest BCUT2D eigenvalue weighted by Crippen LogP contribution is -2.35. The smallest absolute Gasteiger partial charge is 0.373 e. The van der Waals surface area contributed by atoms with E-state index in [-0.39, 0.29) is 23.6 Å². The summed E-state index contributed by atoms with van der Waals surface area (Å²) in [5.74, 6) is -0.556. The number of fused-ring (bicyclic) bond motifs is 1. The zero-order valence-electron chi connectivity index (χ0n) is 19.6. The number of alkyl halides is 3. The molecule has 35 heavy (non-hydrogen) atoms. The number of ether oxygens (including phenoxy) is 1. The monoisotopic (exact) mass is 512 g/mol. The molecule has 2 atom stereocenters. The van der Waals surface area contributed by atoms with Crippen LogP contribution in [-0.4, -0.2) is 45.5 Å². The Morgan fingerprint density at radius 3 is 2.71 bits per heavy atom. The summed E-state index contributed by atoms with van der Waals surface area (Å²) in [6.45, 7) is 5.66. The molecule has 0 bridgehead atoms. The number of amides is 2. The molecule has 7 nitrogen and oxygen atoms in total. The Kier molecular flexibility index (Phi) is 7.42. The number of halogens is 4. The van der Waals surface area contributed by atoms with E-state index in [0.29, 0.717) is 55.1 Å². The van der Waals surface area contributed by atoms with Crippen LogP contribution in [0.2, 0.25) is 5.02 Å². The average Bonchev–Trinajstić information content (AvgIpc) is 3.41. The van der Waals surface area contributed by atoms with Crippen LogP contribution in [-0.2, 0) is 24.1 Å². The van der Waals surface area contributed by atoms with Crippen LogP contribution in [0.1, 0.15) is 83.4 Å². The quantitative estimate of drug-likeness (QED) is 0.592. The number of aromatic nitrogens is 2. The summed E-state index contributed by atoms with van der Waals surface area (Å²) in [4.78, 5) is 32.0. The maximum atomic E-state index is 13.4. The molecule has 11 heteroatoms. The number of hydrogen-bond donors (Lipinski definition) is 1. The number of pyridine rings is 1. The molecule has 1 saturated heterocycles. The van der Waals surface area contributed by atoms with Crippen molar-refractivity contribution in [2.45, 2.75) is 70.9 Å². The van der Waals surface area contributed by atoms with Gasteiger partial charge in [-0.15, -0.1) is 0 Å². The van der Waals surface area contributed by atoms with Crippen molar-refractivity contribution >= 4 is 23.4 Å². The highest BCUT2D eigenvalue weighted by Crippen LogP contribution is 2.33. The third-order valence-corrected chi connectivity index (χ3v) is 6.94. The van der Waals surface area contributed by atoms with Crippen LogP contribution in [0.25, 0.3) is 0 Å². The van der Waals surface area contributed by atoms with Gasteiger partial charge in [0.1, 0.15) is 11.4 Å². The normalized spacial score (nSPS) is 18.9. The molecule has 0 unspecified atom stereocenters. The van der Waals surface area contributed by atoms with Gasteiger partial charge in [0.2, 0.25) is 0 Å². The first-order valence-corrected chi connectivity index (χ1v) is 12.1. The number of hydrogen-bond acceptors (Lipinski definition) is 4. The fraction of sp³-hybridized carbons (Fsp3) is 0.542. The van der Waals surface area contributed by atoms with E-state index in [9.17, 15) is 22.8 Å². The van der Waals surface area contributed by atoms with E-state index >= 15 is 0 Å². The third-order valence-electron chi connectivity index (χ3n) is 6.61. The van der Waals surface area contributed by atoms with Gasteiger partial charge >= 0.3 is 6.18 Å². The summed E-state index contributed by atoms with van der Waals surface area (Å²) in [7, 11) is 0. The number of nitrogens with zero attached hydrogens (tertiary/aromatic N) is 3. The fourth-order valence-electron chi connectivity index (χ4n) is 4.76. The third kappa shape index (κ3) is 5.18. The van der Waals surface area contributed by atoms with Crippen molar-refractivity contribution in [2.75, 3.05) is 13.2 Å². The molecule has 2 aliphatic heterocycles. The SMILES string of the molecule is CCC[C@H](NC(=O)c1cc(C(=O)N2CCC[C@@H]2C)n2c1COCC2)c1cnc(C(F)(F)F)cc1Cl. The van der Waals surface area contributed by atoms with Crippen molar-refractivity contribution < 1.29 is 27.5 Å². The second kappa shape index (κ2) is 10.2. The maximum absolute atomic E-state index is 13.4. The van der Waals surface area contributed by atoms with Gasteiger partial charge in [-0.3, -0.25) is 14.6 Å². The highest BCUT2D eigenvalue weighted by molar-refractivity contribution is 6.31. The Morgan fingerprint density at radius 2 is 2.09 bits per heavy atom. The van der Waals surface area contributed by atoms with Gasteiger partial charge in [0.15, 0.2) is 0 Å². The molecule has 0 saturated carbocycles. The first kappa shape index (κ1) is 25.5. The van der Waals surface area contributed by atoms with Gasteiger partial charge in [0, 0.05) is 35.9 Å². The van der Waals surface area contributed by atoms with Crippen LogP contribution in [0.15, 0.2) is 18.3 Å². The number of nitrogens with one attached hydrogen (secondary N) is 1. The van der Waals surface area contributed by atoms with E-state index in [0.717, 1.165) is 25.1 Å². The predicted octanol–water partition coefficient (Wildman–Crippen LogP) is 4.98. The lowest BCUT2D eigenvalue weighted by atomic mass is 10.0. The fourth-order valence-corrected chi connectivity index (χ4v) is 5.05. The molecule has 2 aromatic rings. The number of likely N-dealkylation sites (tertiary alicyclic amines) is 1. The lowest BCUT2D eigenvalue weighted by Gasteiger charge is -2.24. The zero-order valence-corrected chi connectivity index (χ0v) is 20.4. The largest absolute Gasteiger partial charge is 0.433 e. The van der Waals surface area contributed by atoms with E-state index in [1.54, 1.807) is 6.07 Å². The van der Waals surface area contributed by atoms with Gasteiger partial charge in [-0.1, -0.05) is 24.9 Å². The molecule has 190 valence electrons. The summed E-state index contributed by atoms with van der Waals surface area (Å²) in [6.07, 6.45) is -0.577. The average molecular weight is 513 g/mol. The van der Waals surface area contributed by atoms with E-state index in [2.05, 4.69) is 10.3 Å². The van der Waals surface area contributed by atoms with E-state index in [4.69, 9.17) is 16.3 Å². The maximum Gasteiger partial charge on any atom is 0.433 e. The summed E-state index contributed by atoms with van der Waals surface area (Å²) < 4.78 is 46.4. The second-order valence-electron chi connectivity index (χ2n) is 8.99. The van der Waals surface area contributed by atoms with Crippen LogP contribution < -0.4 is 5.32 Å². The summed E-state index contributed by atoms with van der Waals surface area (Å²) in [6, 6.07) is 1.86. The predicted molar refractivity (Wildman–Crippen MR) is 123 cm³/mol. The van der Waals surface area contributed by atoms with Crippen LogP contribution in [0, 0.1) is 0 Å². The number of carbonyl (C=O) groups excluding carboxylic acids is 2. The first-order valence-electron chi connectivity index (χ1n) is 11.8. The van der Waals surface area contributed by atoms with Crippen LogP contribution in [0.4, 0.5) is 13.2 Å². The lowest BCUT2D eigenvalue weighted by molar-refractivity contribution is -0.141. The minimum atomic E-state index is -4.62. The van der Waals surface area contributed by atoms with Crippen molar-refractivity contribution in [1.82, 2.24) is 19.8 Å². The van der Waals surface area contributed by atoms with E-state index in [1.807, 2.05) is 23.3 Å². The molecule has 0 spiro atoms. The molecule has 1 N–H and O–H groups in total. The van der Waals surface area contributed by atoms with Gasteiger partial charge in [0.25, 0.3) is 11.8 Å². The molecule has 0 aliphatic carbocycles. The number of rotatable bonds is 6. The van der Waals surface area contributed by atoms with Gasteiger partial charge in [0.05, 0.1) is 30.5 Å². The van der Waals surface area contributed by atoms with Crippen molar-refractivity contribution in [2.24, 2.45) is 0 Å². The summed E-state index contributed by atoms with van der Waals surface area (Å²) in [5.41, 5.74) is 0.587. The molecule has 2 aromatic heterocycles. The molecule has 4 heterocycles. The van der Waals surface area contributed by atoms with Crippen molar-refractivity contribution in [3.05, 3.63) is 51.6 Å². The van der Waals surface area contributed by atoms with Crippen LogP contribution in [0.3, 0.4) is 0 Å². The Hall–Kier alpha value is -2.59. The molecule has 0 radical (unpaired) electrons. The molecular formula is C24H28ClF3N4O3. The molecule has 1 fully saturated rings. The summed E-state index contributed by atoms with van der Waals surface area (Å²) >= 11 is 6.18. The molecule has 2 aliphatic rings. The Labute approximate surface area is 206 Å². The minimum Gasteiger partial charge on any atom is -0.373 e. The number of carbonyl (C=O) groups is 2. The standard InChI is InChI=1S/C24H28ClF3N4O3/c1-3-5-18(16-12-29-21(11-17(16)25)24(26,27)28)30-22(33)15-10-19(32-8-9-35-13-20(15)32)23(34)31-7-4-6-14(31)2/h10-12,14,18H,3-9,13H2,1-2H3,(H,30,33)/t14-,18-/m0/s1. The van der Waals surface area contributed by atoms with Crippen LogP contribution >= 0.6 is 11.6 Å². The van der Waals surface area contributed by atoms with E-state index < -0.39 is 23.8 Å². The Morgan fingerprint density at radius 1 is 1.31 bits per heavy atom. The zero-order chi connectivity index (χ0) is 25.3. The highest BCUT2D eigenvalue weighted by atomic mass is 35.5. The topological polar surface area (TPSA) is 76.5 Å². The molecule has 2 amide bonds. The Balaban J connectivity index is 1.63. The minimum absolute atomic E-state index is 0.114. The van der Waals surface area contributed by atoms with Crippen molar-refractivity contribution in [3.8, 4) is 0 Å². The van der Waals surface area contributed by atoms with Gasteiger partial charge in [-0.25, -0.2) is 0 Å². The highest BCUT2D eigenvalue weighted by Gasteiger charge is 2.35. The second-order valence-corrected chi connectivity index (χ2v) is 9.39. The first-order chi connectivity index (χ1) is 16.6. The van der Waals surface area contributed by atoms with Gasteiger partial charge in [-0.2, -0.15) is 13.2 Å². The molecular weight excluding hydrogens is 485 g/mol. The Bertz CT molecular complexity index is 1120. The molecule has 4 rings (SSSR count).